The molecule has 4 rings (SSSR count). The number of hydrogen-bond acceptors (Lipinski definition) is 3. The van der Waals surface area contributed by atoms with Gasteiger partial charge < -0.3 is 4.98 Å². The number of likely N-dealkylation sites (tertiary alicyclic amines) is 1. The van der Waals surface area contributed by atoms with Crippen LogP contribution in [0, 0.1) is 0 Å². The van der Waals surface area contributed by atoms with Crippen molar-refractivity contribution < 1.29 is 8.42 Å². The van der Waals surface area contributed by atoms with Gasteiger partial charge in [-0.15, -0.1) is 0 Å². The van der Waals surface area contributed by atoms with Gasteiger partial charge in [-0.3, -0.25) is 4.90 Å². The second kappa shape index (κ2) is 6.09. The van der Waals surface area contributed by atoms with Gasteiger partial charge in [0, 0.05) is 55.7 Å². The molecular formula is C18H26N4O2S. The Balaban J connectivity index is 1.70. The smallest absolute Gasteiger partial charge is 0.279 e. The van der Waals surface area contributed by atoms with Crippen LogP contribution in [0.25, 0.3) is 10.9 Å². The molecule has 0 unspecified atom stereocenters. The van der Waals surface area contributed by atoms with Gasteiger partial charge in [0.25, 0.3) is 10.2 Å². The summed E-state index contributed by atoms with van der Waals surface area (Å²) in [7, 11) is -0.281. The number of aromatic nitrogens is 1. The molecule has 0 amide bonds. The Kier molecular flexibility index (Phi) is 4.15. The van der Waals surface area contributed by atoms with E-state index >= 15 is 0 Å². The van der Waals surface area contributed by atoms with Gasteiger partial charge in [-0.05, 0) is 36.6 Å². The number of benzene rings is 1. The highest BCUT2D eigenvalue weighted by Crippen LogP contribution is 2.43. The van der Waals surface area contributed by atoms with Crippen LogP contribution in [0.2, 0.25) is 0 Å². The molecule has 136 valence electrons. The molecule has 0 saturated carbocycles. The molecule has 7 heteroatoms. The normalized spacial score (nSPS) is 27.0. The Bertz CT molecular complexity index is 890. The molecular weight excluding hydrogens is 336 g/mol. The molecule has 6 nitrogen and oxygen atoms in total. The third-order valence-electron chi connectivity index (χ3n) is 5.78. The minimum absolute atomic E-state index is 0.0654. The second-order valence-corrected chi connectivity index (χ2v) is 9.30. The largest absolute Gasteiger partial charge is 0.361 e. The third-order valence-corrected chi connectivity index (χ3v) is 7.37. The van der Waals surface area contributed by atoms with Gasteiger partial charge in [0.05, 0.1) is 0 Å². The first kappa shape index (κ1) is 17.0. The third kappa shape index (κ3) is 2.79. The highest BCUT2D eigenvalue weighted by atomic mass is 32.2. The van der Waals surface area contributed by atoms with Crippen LogP contribution in [0.15, 0.2) is 24.4 Å². The van der Waals surface area contributed by atoms with Gasteiger partial charge in [-0.2, -0.15) is 17.4 Å². The van der Waals surface area contributed by atoms with Crippen LogP contribution in [0.1, 0.15) is 30.4 Å². The molecule has 1 aromatic carbocycles. The van der Waals surface area contributed by atoms with E-state index in [4.69, 9.17) is 0 Å². The molecule has 25 heavy (non-hydrogen) atoms. The average molecular weight is 362 g/mol. The van der Waals surface area contributed by atoms with E-state index in [0.29, 0.717) is 12.0 Å². The fourth-order valence-corrected chi connectivity index (χ4v) is 5.37. The average Bonchev–Trinajstić information content (AvgIpc) is 2.99. The van der Waals surface area contributed by atoms with Crippen LogP contribution < -0.4 is 4.72 Å². The zero-order valence-corrected chi connectivity index (χ0v) is 15.8. The Morgan fingerprint density at radius 1 is 1.36 bits per heavy atom. The molecule has 2 N–H and O–H groups in total. The zero-order chi connectivity index (χ0) is 17.8. The Morgan fingerprint density at radius 2 is 2.16 bits per heavy atom. The van der Waals surface area contributed by atoms with E-state index < -0.39 is 10.2 Å². The topological polar surface area (TPSA) is 68.4 Å². The zero-order valence-electron chi connectivity index (χ0n) is 15.0. The van der Waals surface area contributed by atoms with Gasteiger partial charge >= 0.3 is 0 Å². The van der Waals surface area contributed by atoms with Crippen molar-refractivity contribution in [3.05, 3.63) is 35.5 Å². The number of fused-ring (bicyclic) bond motifs is 2. The van der Waals surface area contributed by atoms with Crippen LogP contribution in [0.5, 0.6) is 0 Å². The lowest BCUT2D eigenvalue weighted by atomic mass is 9.74. The summed E-state index contributed by atoms with van der Waals surface area (Å²) >= 11 is 0. The van der Waals surface area contributed by atoms with Crippen molar-refractivity contribution in [2.45, 2.75) is 37.8 Å². The van der Waals surface area contributed by atoms with Gasteiger partial charge in [-0.25, -0.2) is 0 Å². The predicted octanol–water partition coefficient (Wildman–Crippen LogP) is 1.67. The molecule has 1 fully saturated rings. The van der Waals surface area contributed by atoms with E-state index in [1.54, 1.807) is 14.1 Å². The molecule has 3 atom stereocenters. The Morgan fingerprint density at radius 3 is 2.88 bits per heavy atom. The lowest BCUT2D eigenvalue weighted by Gasteiger charge is -2.47. The van der Waals surface area contributed by atoms with Crippen molar-refractivity contribution in [2.75, 3.05) is 27.2 Å². The summed E-state index contributed by atoms with van der Waals surface area (Å²) in [5.41, 5.74) is 3.93. The number of piperidine rings is 1. The fourth-order valence-electron chi connectivity index (χ4n) is 4.56. The van der Waals surface area contributed by atoms with E-state index in [0.717, 1.165) is 25.9 Å². The highest BCUT2D eigenvalue weighted by molar-refractivity contribution is 7.87. The van der Waals surface area contributed by atoms with Crippen molar-refractivity contribution in [1.29, 1.82) is 0 Å². The number of nitrogens with one attached hydrogen (secondary N) is 2. The van der Waals surface area contributed by atoms with Crippen LogP contribution >= 0.6 is 0 Å². The van der Waals surface area contributed by atoms with Crippen molar-refractivity contribution in [3.63, 3.8) is 0 Å². The van der Waals surface area contributed by atoms with Gasteiger partial charge in [-0.1, -0.05) is 19.1 Å². The fraction of sp³-hybridized carbons (Fsp3) is 0.556. The molecule has 0 bridgehead atoms. The summed E-state index contributed by atoms with van der Waals surface area (Å²) < 4.78 is 28.7. The molecule has 2 aromatic rings. The van der Waals surface area contributed by atoms with E-state index in [1.165, 1.54) is 26.3 Å². The Hall–Kier alpha value is -1.41. The van der Waals surface area contributed by atoms with E-state index in [2.05, 4.69) is 45.9 Å². The molecule has 2 aliphatic rings. The molecule has 1 aliphatic heterocycles. The lowest BCUT2D eigenvalue weighted by Crippen LogP contribution is -2.57. The number of H-pyrrole nitrogens is 1. The van der Waals surface area contributed by atoms with Crippen LogP contribution in [0.4, 0.5) is 0 Å². The molecule has 2 heterocycles. The number of aromatic amines is 1. The van der Waals surface area contributed by atoms with Crippen molar-refractivity contribution in [3.8, 4) is 0 Å². The highest BCUT2D eigenvalue weighted by Gasteiger charge is 2.41. The standard InChI is InChI=1S/C18H26N4O2S/c1-4-22-11-13(20-25(23,24)21(2)3)9-15-14-6-5-7-16-18(14)12(10-19-16)8-17(15)22/h5-7,10,13,15,17,19-20H,4,8-9,11H2,1-3H3/t13-,15+,17+/m0/s1. The van der Waals surface area contributed by atoms with E-state index in [9.17, 15) is 8.42 Å². The first-order valence-electron chi connectivity index (χ1n) is 8.93. The van der Waals surface area contributed by atoms with Crippen molar-refractivity contribution in [1.82, 2.24) is 18.9 Å². The van der Waals surface area contributed by atoms with E-state index in [1.807, 2.05) is 0 Å². The van der Waals surface area contributed by atoms with Crippen LogP contribution in [-0.2, 0) is 16.6 Å². The van der Waals surface area contributed by atoms with Gasteiger partial charge in [0.15, 0.2) is 0 Å². The van der Waals surface area contributed by atoms with Crippen LogP contribution in [-0.4, -0.2) is 61.9 Å². The number of hydrogen-bond donors (Lipinski definition) is 2. The second-order valence-electron chi connectivity index (χ2n) is 7.39. The molecule has 1 aliphatic carbocycles. The number of rotatable bonds is 4. The summed E-state index contributed by atoms with van der Waals surface area (Å²) in [4.78, 5) is 5.83. The van der Waals surface area contributed by atoms with Crippen molar-refractivity contribution >= 4 is 21.1 Å². The van der Waals surface area contributed by atoms with Gasteiger partial charge in [0.2, 0.25) is 0 Å². The minimum Gasteiger partial charge on any atom is -0.361 e. The monoisotopic (exact) mass is 362 g/mol. The summed E-state index contributed by atoms with van der Waals surface area (Å²) in [6, 6.07) is 6.82. The molecule has 0 radical (unpaired) electrons. The summed E-state index contributed by atoms with van der Waals surface area (Å²) in [5.74, 6) is 0.357. The summed E-state index contributed by atoms with van der Waals surface area (Å²) in [5, 5.41) is 1.34. The first-order chi connectivity index (χ1) is 11.9. The molecule has 1 saturated heterocycles. The lowest BCUT2D eigenvalue weighted by molar-refractivity contribution is 0.111. The minimum atomic E-state index is -3.42. The maximum absolute atomic E-state index is 12.3. The number of likely N-dealkylation sites (N-methyl/N-ethyl adjacent to an activating group) is 1. The quantitative estimate of drug-likeness (QED) is 0.869. The summed E-state index contributed by atoms with van der Waals surface area (Å²) in [6.45, 7) is 3.85. The maximum atomic E-state index is 12.3. The SMILES string of the molecule is CCN1C[C@@H](NS(=O)(=O)N(C)C)C[C@@H]2c3cccc4[nH]cc(c34)C[C@H]21. The molecule has 0 spiro atoms. The van der Waals surface area contributed by atoms with Crippen LogP contribution in [0.3, 0.4) is 0 Å². The first-order valence-corrected chi connectivity index (χ1v) is 10.4. The Labute approximate surface area is 149 Å². The molecule has 1 aromatic heterocycles. The maximum Gasteiger partial charge on any atom is 0.279 e. The van der Waals surface area contributed by atoms with Crippen molar-refractivity contribution in [2.24, 2.45) is 0 Å². The summed E-state index contributed by atoms with van der Waals surface area (Å²) in [6.07, 6.45) is 4.01. The number of nitrogens with zero attached hydrogens (tertiary/aromatic N) is 2. The van der Waals surface area contributed by atoms with Gasteiger partial charge in [0.1, 0.15) is 0 Å². The van der Waals surface area contributed by atoms with E-state index in [-0.39, 0.29) is 6.04 Å². The predicted molar refractivity (Wildman–Crippen MR) is 99.9 cm³/mol.